The predicted octanol–water partition coefficient (Wildman–Crippen LogP) is 3.44. The number of hydrogen-bond acceptors (Lipinski definition) is 2. The molecule has 2 rings (SSSR count). The lowest BCUT2D eigenvalue weighted by atomic mass is 9.77. The minimum atomic E-state index is 0.837. The summed E-state index contributed by atoms with van der Waals surface area (Å²) in [4.78, 5) is 0. The maximum atomic E-state index is 3.82. The van der Waals surface area contributed by atoms with Gasteiger partial charge in [-0.15, -0.1) is 0 Å². The van der Waals surface area contributed by atoms with E-state index in [9.17, 15) is 0 Å². The van der Waals surface area contributed by atoms with Gasteiger partial charge in [0, 0.05) is 11.3 Å². The Labute approximate surface area is 98.8 Å². The second-order valence-corrected chi connectivity index (χ2v) is 6.42. The van der Waals surface area contributed by atoms with Crippen molar-refractivity contribution in [3.63, 3.8) is 0 Å². The Morgan fingerprint density at radius 1 is 1.20 bits per heavy atom. The van der Waals surface area contributed by atoms with Gasteiger partial charge in [0.15, 0.2) is 0 Å². The SMILES string of the molecule is CCCNC(C1CCC1)C1CCCCS1. The third-order valence-electron chi connectivity index (χ3n) is 3.90. The molecule has 1 nitrogen and oxygen atoms in total. The molecular formula is C13H25NS. The maximum absolute atomic E-state index is 3.82. The van der Waals surface area contributed by atoms with E-state index in [1.165, 1.54) is 57.2 Å². The zero-order valence-electron chi connectivity index (χ0n) is 10.0. The van der Waals surface area contributed by atoms with Crippen LogP contribution < -0.4 is 5.32 Å². The second-order valence-electron chi connectivity index (χ2n) is 5.08. The van der Waals surface area contributed by atoms with Crippen LogP contribution in [0.2, 0.25) is 0 Å². The molecule has 88 valence electrons. The van der Waals surface area contributed by atoms with E-state index in [1.54, 1.807) is 0 Å². The molecule has 2 atom stereocenters. The van der Waals surface area contributed by atoms with Gasteiger partial charge in [-0.3, -0.25) is 0 Å². The Morgan fingerprint density at radius 2 is 2.07 bits per heavy atom. The zero-order chi connectivity index (χ0) is 10.5. The molecule has 15 heavy (non-hydrogen) atoms. The first-order chi connectivity index (χ1) is 7.42. The number of rotatable bonds is 5. The minimum absolute atomic E-state index is 0.837. The monoisotopic (exact) mass is 227 g/mol. The third kappa shape index (κ3) is 3.13. The molecule has 0 aromatic heterocycles. The Balaban J connectivity index is 1.84. The molecule has 0 radical (unpaired) electrons. The largest absolute Gasteiger partial charge is 0.313 e. The molecular weight excluding hydrogens is 202 g/mol. The van der Waals surface area contributed by atoms with Gasteiger partial charge in [0.1, 0.15) is 0 Å². The predicted molar refractivity (Wildman–Crippen MR) is 69.5 cm³/mol. The summed E-state index contributed by atoms with van der Waals surface area (Å²) in [5.41, 5.74) is 0. The summed E-state index contributed by atoms with van der Waals surface area (Å²) < 4.78 is 0. The average Bonchev–Trinajstić information content (AvgIpc) is 2.22. The molecule has 0 spiro atoms. The van der Waals surface area contributed by atoms with Crippen molar-refractivity contribution < 1.29 is 0 Å². The van der Waals surface area contributed by atoms with Crippen molar-refractivity contribution in [3.8, 4) is 0 Å². The van der Waals surface area contributed by atoms with Crippen molar-refractivity contribution >= 4 is 11.8 Å². The molecule has 1 heterocycles. The van der Waals surface area contributed by atoms with Crippen LogP contribution >= 0.6 is 11.8 Å². The molecule has 2 aliphatic rings. The van der Waals surface area contributed by atoms with Crippen molar-refractivity contribution in [2.75, 3.05) is 12.3 Å². The summed E-state index contributed by atoms with van der Waals surface area (Å²) in [5, 5.41) is 4.75. The summed E-state index contributed by atoms with van der Waals surface area (Å²) in [6.07, 6.45) is 10.1. The quantitative estimate of drug-likeness (QED) is 0.772. The molecule has 1 N–H and O–H groups in total. The maximum Gasteiger partial charge on any atom is 0.0214 e. The van der Waals surface area contributed by atoms with Gasteiger partial charge in [-0.1, -0.05) is 19.8 Å². The number of hydrogen-bond donors (Lipinski definition) is 1. The second kappa shape index (κ2) is 6.15. The first-order valence-electron chi connectivity index (χ1n) is 6.77. The molecule has 2 unspecified atom stereocenters. The molecule has 1 saturated heterocycles. The Kier molecular flexibility index (Phi) is 4.83. The van der Waals surface area contributed by atoms with Crippen LogP contribution in [0.3, 0.4) is 0 Å². The van der Waals surface area contributed by atoms with E-state index < -0.39 is 0 Å². The molecule has 2 heteroatoms. The van der Waals surface area contributed by atoms with Gasteiger partial charge in [0.05, 0.1) is 0 Å². The smallest absolute Gasteiger partial charge is 0.0214 e. The highest BCUT2D eigenvalue weighted by molar-refractivity contribution is 8.00. The van der Waals surface area contributed by atoms with Gasteiger partial charge in [0.25, 0.3) is 0 Å². The normalized spacial score (nSPS) is 29.8. The molecule has 0 aromatic rings. The summed E-state index contributed by atoms with van der Waals surface area (Å²) in [6.45, 7) is 3.50. The minimum Gasteiger partial charge on any atom is -0.313 e. The van der Waals surface area contributed by atoms with Crippen LogP contribution in [0.5, 0.6) is 0 Å². The number of thioether (sulfide) groups is 1. The van der Waals surface area contributed by atoms with Gasteiger partial charge in [-0.2, -0.15) is 11.8 Å². The van der Waals surface area contributed by atoms with E-state index in [0.29, 0.717) is 0 Å². The molecule has 2 fully saturated rings. The van der Waals surface area contributed by atoms with Crippen LogP contribution in [0.25, 0.3) is 0 Å². The van der Waals surface area contributed by atoms with Crippen molar-refractivity contribution in [2.24, 2.45) is 5.92 Å². The molecule has 1 aliphatic heterocycles. The van der Waals surface area contributed by atoms with Crippen LogP contribution in [0.15, 0.2) is 0 Å². The first-order valence-corrected chi connectivity index (χ1v) is 7.81. The standard InChI is InChI=1S/C13H25NS/c1-2-9-14-13(11-6-5-7-11)12-8-3-4-10-15-12/h11-14H,2-10H2,1H3. The van der Waals surface area contributed by atoms with E-state index in [0.717, 1.165) is 17.2 Å². The van der Waals surface area contributed by atoms with Crippen LogP contribution in [0.1, 0.15) is 51.9 Å². The average molecular weight is 227 g/mol. The van der Waals surface area contributed by atoms with Crippen LogP contribution in [0.4, 0.5) is 0 Å². The van der Waals surface area contributed by atoms with Gasteiger partial charge < -0.3 is 5.32 Å². The van der Waals surface area contributed by atoms with E-state index in [4.69, 9.17) is 0 Å². The zero-order valence-corrected chi connectivity index (χ0v) is 10.8. The van der Waals surface area contributed by atoms with E-state index in [-0.39, 0.29) is 0 Å². The van der Waals surface area contributed by atoms with Gasteiger partial charge in [-0.05, 0) is 50.3 Å². The number of nitrogens with one attached hydrogen (secondary N) is 1. The van der Waals surface area contributed by atoms with Crippen molar-refractivity contribution in [1.82, 2.24) is 5.32 Å². The van der Waals surface area contributed by atoms with Crippen molar-refractivity contribution in [1.29, 1.82) is 0 Å². The highest BCUT2D eigenvalue weighted by Crippen LogP contribution is 2.37. The van der Waals surface area contributed by atoms with E-state index in [1.807, 2.05) is 0 Å². The Bertz CT molecular complexity index is 173. The molecule has 1 saturated carbocycles. The molecule has 0 aromatic carbocycles. The highest BCUT2D eigenvalue weighted by atomic mass is 32.2. The molecule has 0 bridgehead atoms. The summed E-state index contributed by atoms with van der Waals surface area (Å²) >= 11 is 2.24. The van der Waals surface area contributed by atoms with E-state index >= 15 is 0 Å². The highest BCUT2D eigenvalue weighted by Gasteiger charge is 2.33. The summed E-state index contributed by atoms with van der Waals surface area (Å²) in [5.74, 6) is 2.41. The van der Waals surface area contributed by atoms with Gasteiger partial charge >= 0.3 is 0 Å². The van der Waals surface area contributed by atoms with Crippen molar-refractivity contribution in [3.05, 3.63) is 0 Å². The topological polar surface area (TPSA) is 12.0 Å². The van der Waals surface area contributed by atoms with Crippen LogP contribution in [-0.4, -0.2) is 23.6 Å². The lowest BCUT2D eigenvalue weighted by Gasteiger charge is -2.40. The first kappa shape index (κ1) is 11.8. The third-order valence-corrected chi connectivity index (χ3v) is 5.38. The summed E-state index contributed by atoms with van der Waals surface area (Å²) in [7, 11) is 0. The fourth-order valence-electron chi connectivity index (χ4n) is 2.76. The van der Waals surface area contributed by atoms with Crippen LogP contribution in [0, 0.1) is 5.92 Å². The van der Waals surface area contributed by atoms with E-state index in [2.05, 4.69) is 24.0 Å². The van der Waals surface area contributed by atoms with Crippen molar-refractivity contribution in [2.45, 2.75) is 63.2 Å². The lowest BCUT2D eigenvalue weighted by Crippen LogP contribution is -2.47. The lowest BCUT2D eigenvalue weighted by molar-refractivity contribution is 0.220. The fraction of sp³-hybridized carbons (Fsp3) is 1.00. The summed E-state index contributed by atoms with van der Waals surface area (Å²) in [6, 6.07) is 0.837. The Morgan fingerprint density at radius 3 is 2.60 bits per heavy atom. The van der Waals surface area contributed by atoms with Gasteiger partial charge in [-0.25, -0.2) is 0 Å². The fourth-order valence-corrected chi connectivity index (χ4v) is 4.29. The van der Waals surface area contributed by atoms with Crippen LogP contribution in [-0.2, 0) is 0 Å². The van der Waals surface area contributed by atoms with Gasteiger partial charge in [0.2, 0.25) is 0 Å². The molecule has 1 aliphatic carbocycles. The molecule has 0 amide bonds. The Hall–Kier alpha value is 0.310.